The molecule has 12 unspecified atom stereocenters. The van der Waals surface area contributed by atoms with Crippen molar-refractivity contribution in [3.8, 4) is 0 Å². The number of methoxy groups -OCH3 is 2. The molecule has 19 nitrogen and oxygen atoms in total. The maximum atomic E-state index is 12.1. The SMILES string of the molecule is C=O.CC.CCC1C(C)OC(OC(C(C)OOCCOC)C(C(C)O)N(C)C)CC1(C)OC=O.CCC=O.CCO.CO.COC1CC(=O)CC=CC=CC(C)C(C)CC1CCOC(C)=O.O=CO. The van der Waals surface area contributed by atoms with E-state index in [2.05, 4.69) is 19.9 Å². The van der Waals surface area contributed by atoms with Crippen molar-refractivity contribution in [1.82, 2.24) is 4.90 Å². The van der Waals surface area contributed by atoms with E-state index in [9.17, 15) is 24.3 Å². The van der Waals surface area contributed by atoms with E-state index in [1.54, 1.807) is 28.1 Å². The molecule has 2 aliphatic rings. The van der Waals surface area contributed by atoms with Gasteiger partial charge in [-0.05, 0) is 85.7 Å². The van der Waals surface area contributed by atoms with Crippen LogP contribution in [0.3, 0.4) is 0 Å². The molecule has 410 valence electrons. The molecule has 0 aromatic carbocycles. The quantitative estimate of drug-likeness (QED) is 0.0368. The van der Waals surface area contributed by atoms with E-state index in [1.165, 1.54) is 6.92 Å². The number of carbonyl (C=O) groups is 6. The van der Waals surface area contributed by atoms with Gasteiger partial charge in [-0.3, -0.25) is 19.2 Å². The molecule has 1 aliphatic heterocycles. The summed E-state index contributed by atoms with van der Waals surface area (Å²) in [7, 11) is 7.97. The van der Waals surface area contributed by atoms with Crippen LogP contribution in [0, 0.1) is 23.7 Å². The Labute approximate surface area is 415 Å². The average molecular weight is 1000 g/mol. The molecule has 69 heavy (non-hydrogen) atoms. The van der Waals surface area contributed by atoms with E-state index in [4.69, 9.17) is 63.1 Å². The van der Waals surface area contributed by atoms with Crippen LogP contribution in [0.15, 0.2) is 24.3 Å². The molecule has 4 N–H and O–H groups in total. The largest absolute Gasteiger partial charge is 0.483 e. The lowest BCUT2D eigenvalue weighted by Crippen LogP contribution is -2.57. The molecule has 1 aliphatic carbocycles. The number of likely N-dealkylation sites (N-methyl/N-ethyl adjacent to an activating group) is 1. The molecular weight excluding hydrogens is 903 g/mol. The predicted molar refractivity (Wildman–Crippen MR) is 266 cm³/mol. The average Bonchev–Trinajstić information content (AvgIpc) is 3.30. The first-order valence-corrected chi connectivity index (χ1v) is 23.7. The maximum absolute atomic E-state index is 12.1. The summed E-state index contributed by atoms with van der Waals surface area (Å²) in [6.45, 7) is 26.3. The van der Waals surface area contributed by atoms with Gasteiger partial charge in [-0.25, -0.2) is 9.78 Å². The van der Waals surface area contributed by atoms with Gasteiger partial charge < -0.3 is 63.3 Å². The van der Waals surface area contributed by atoms with E-state index in [0.29, 0.717) is 57.2 Å². The number of esters is 1. The standard InChI is InChI=1S/C21H41NO8.C19H30O4.C3H6O.C2H6O.C2H6.CH2O2.CH4O.CH2O/c1-9-17-15(3)28-18(12-21(17,5)26-13-23)29-20(19(14(2)24)22(6)7)16(4)30-27-11-10-25-8;1-14-8-6-5-7-9-18(21)13-19(22-4)17(12-15(14)2)10-11-23-16(3)20;1-2-3-4;1-2-3;1-2;2-1-3;2*1-2/h13-20,24H,9-12H2,1-8H3;5-8,14-15,17,19H,9-13H2,1-4H3;3H,2H2,1H3;3H,2H2,1H3;1-2H3;1H,(H,2,3);2H,1H3;1H2. The van der Waals surface area contributed by atoms with Gasteiger partial charge in [0.15, 0.2) is 6.29 Å². The highest BCUT2D eigenvalue weighted by Gasteiger charge is 2.48. The third-order valence-corrected chi connectivity index (χ3v) is 10.6. The highest BCUT2D eigenvalue weighted by atomic mass is 17.2. The monoisotopic (exact) mass is 1000 g/mol. The number of allylic oxidation sites excluding steroid dienone is 4. The van der Waals surface area contributed by atoms with Crippen molar-refractivity contribution in [2.75, 3.05) is 61.9 Å². The van der Waals surface area contributed by atoms with Crippen molar-refractivity contribution in [2.45, 2.75) is 176 Å². The molecule has 0 amide bonds. The smallest absolute Gasteiger partial charge is 0.302 e. The third kappa shape index (κ3) is 38.9. The van der Waals surface area contributed by atoms with Crippen LogP contribution in [0.4, 0.5) is 0 Å². The van der Waals surface area contributed by atoms with Crippen LogP contribution in [0.5, 0.6) is 0 Å². The Morgan fingerprint density at radius 1 is 1.01 bits per heavy atom. The first kappa shape index (κ1) is 77.0. The Hall–Kier alpha value is -3.50. The molecule has 0 spiro atoms. The summed E-state index contributed by atoms with van der Waals surface area (Å²) in [5.74, 6) is 1.08. The minimum absolute atomic E-state index is 0.0495. The molecule has 0 aromatic heterocycles. The summed E-state index contributed by atoms with van der Waals surface area (Å²) in [4.78, 5) is 72.4. The van der Waals surface area contributed by atoms with E-state index < -0.39 is 30.2 Å². The summed E-state index contributed by atoms with van der Waals surface area (Å²) in [6.07, 6.45) is 10.6. The fourth-order valence-electron chi connectivity index (χ4n) is 7.38. The number of aliphatic hydroxyl groups is 3. The number of carbonyl (C=O) groups excluding carboxylic acids is 5. The molecule has 12 atom stereocenters. The Bertz CT molecular complexity index is 1250. The summed E-state index contributed by atoms with van der Waals surface area (Å²) < 4.78 is 33.6. The Balaban J connectivity index is -0.000000224. The van der Waals surface area contributed by atoms with Crippen molar-refractivity contribution in [3.63, 3.8) is 0 Å². The highest BCUT2D eigenvalue weighted by molar-refractivity contribution is 5.80. The minimum atomic E-state index is -0.707. The second-order valence-corrected chi connectivity index (χ2v) is 15.9. The van der Waals surface area contributed by atoms with Gasteiger partial charge >= 0.3 is 5.97 Å². The van der Waals surface area contributed by atoms with Crippen LogP contribution in [-0.4, -0.2) is 173 Å². The number of rotatable bonds is 19. The third-order valence-electron chi connectivity index (χ3n) is 10.6. The van der Waals surface area contributed by atoms with Gasteiger partial charge in [-0.15, -0.1) is 0 Å². The number of hydrogen-bond donors (Lipinski definition) is 4. The number of hydrogen-bond acceptors (Lipinski definition) is 18. The number of ketones is 1. The van der Waals surface area contributed by atoms with Gasteiger partial charge in [0, 0.05) is 66.5 Å². The minimum Gasteiger partial charge on any atom is -0.483 e. The lowest BCUT2D eigenvalue weighted by molar-refractivity contribution is -0.359. The zero-order valence-electron chi connectivity index (χ0n) is 45.3. The lowest BCUT2D eigenvalue weighted by atomic mass is 9.78. The summed E-state index contributed by atoms with van der Waals surface area (Å²) in [6, 6.07) is -0.382. The van der Waals surface area contributed by atoms with Crippen LogP contribution in [0.2, 0.25) is 0 Å². The fourth-order valence-corrected chi connectivity index (χ4v) is 7.38. The van der Waals surface area contributed by atoms with Crippen molar-refractivity contribution in [2.24, 2.45) is 23.7 Å². The summed E-state index contributed by atoms with van der Waals surface area (Å²) in [5, 5.41) is 31.9. The molecule has 0 radical (unpaired) electrons. The zero-order valence-corrected chi connectivity index (χ0v) is 45.3. The van der Waals surface area contributed by atoms with Crippen molar-refractivity contribution in [1.29, 1.82) is 0 Å². The number of aldehydes is 1. The molecule has 1 fully saturated rings. The van der Waals surface area contributed by atoms with Gasteiger partial charge in [-0.2, -0.15) is 0 Å². The number of ether oxygens (including phenoxy) is 6. The molecule has 1 saturated heterocycles. The molecule has 2 rings (SSSR count). The number of carboxylic acid groups (broad SMARTS) is 1. The molecule has 1 heterocycles. The predicted octanol–water partition coefficient (Wildman–Crippen LogP) is 6.21. The van der Waals surface area contributed by atoms with Crippen molar-refractivity contribution in [3.05, 3.63) is 24.3 Å². The first-order chi connectivity index (χ1) is 32.8. The maximum Gasteiger partial charge on any atom is 0.302 e. The van der Waals surface area contributed by atoms with Gasteiger partial charge in [-0.1, -0.05) is 65.8 Å². The van der Waals surface area contributed by atoms with Gasteiger partial charge in [0.1, 0.15) is 43.3 Å². The Morgan fingerprint density at radius 3 is 2.00 bits per heavy atom. The van der Waals surface area contributed by atoms with Gasteiger partial charge in [0.2, 0.25) is 0 Å². The van der Waals surface area contributed by atoms with E-state index in [1.807, 2.05) is 92.5 Å². The number of Topliss-reactive ketones (excluding diaryl/α,β-unsaturated/α-hetero) is 1. The molecule has 19 heteroatoms. The zero-order chi connectivity index (χ0) is 55.0. The molecule has 0 aromatic rings. The van der Waals surface area contributed by atoms with Crippen molar-refractivity contribution >= 4 is 37.8 Å². The summed E-state index contributed by atoms with van der Waals surface area (Å²) in [5.41, 5.74) is -0.707. The number of nitrogens with zero attached hydrogens (tertiary/aromatic N) is 1. The van der Waals surface area contributed by atoms with Crippen molar-refractivity contribution < 1.29 is 87.4 Å². The lowest BCUT2D eigenvalue weighted by Gasteiger charge is -2.48. The number of aliphatic hydroxyl groups excluding tert-OH is 3. The van der Waals surface area contributed by atoms with E-state index in [-0.39, 0.29) is 61.5 Å². The topological polar surface area (TPSA) is 260 Å². The highest BCUT2D eigenvalue weighted by Crippen LogP contribution is 2.40. The second-order valence-electron chi connectivity index (χ2n) is 15.9. The van der Waals surface area contributed by atoms with Crippen LogP contribution in [0.1, 0.15) is 128 Å². The van der Waals surface area contributed by atoms with Crippen LogP contribution in [-0.2, 0) is 67.0 Å². The van der Waals surface area contributed by atoms with Crippen LogP contribution >= 0.6 is 0 Å². The molecular formula is C50H97NO18. The first-order valence-electron chi connectivity index (χ1n) is 23.7. The van der Waals surface area contributed by atoms with Gasteiger partial charge in [0.05, 0.1) is 37.6 Å². The fraction of sp³-hybridized carbons (Fsp3) is 0.800. The second kappa shape index (κ2) is 52.3. The van der Waals surface area contributed by atoms with Crippen LogP contribution in [0.25, 0.3) is 0 Å². The van der Waals surface area contributed by atoms with E-state index in [0.717, 1.165) is 32.7 Å². The van der Waals surface area contributed by atoms with Gasteiger partial charge in [0.25, 0.3) is 12.9 Å². The Morgan fingerprint density at radius 2 is 1.57 bits per heavy atom. The van der Waals surface area contributed by atoms with E-state index >= 15 is 0 Å². The van der Waals surface area contributed by atoms with Crippen LogP contribution < -0.4 is 0 Å². The normalized spacial score (nSPS) is 24.5. The molecule has 0 bridgehead atoms. The summed E-state index contributed by atoms with van der Waals surface area (Å²) >= 11 is 0. The Kier molecular flexibility index (Phi) is 58.4. The molecule has 0 saturated carbocycles.